The molecule has 0 bridgehead atoms. The van der Waals surface area contributed by atoms with Crippen molar-refractivity contribution in [1.29, 1.82) is 0 Å². The topological polar surface area (TPSA) is 14.2 Å². The van der Waals surface area contributed by atoms with Gasteiger partial charge in [0.25, 0.3) is 0 Å². The van der Waals surface area contributed by atoms with Crippen LogP contribution < -0.4 is 52.9 Å². The van der Waals surface area contributed by atoms with Crippen LogP contribution in [-0.4, -0.2) is 28.2 Å². The van der Waals surface area contributed by atoms with E-state index in [2.05, 4.69) is 171 Å². The number of benzene rings is 2. The summed E-state index contributed by atoms with van der Waals surface area (Å²) in [5.41, 5.74) is 10.1. The first-order chi connectivity index (χ1) is 22.3. The summed E-state index contributed by atoms with van der Waals surface area (Å²) < 4.78 is 4.70. The van der Waals surface area contributed by atoms with Gasteiger partial charge in [-0.15, -0.1) is 0 Å². The molecule has 258 valence electrons. The number of anilines is 2. The van der Waals surface area contributed by atoms with Crippen LogP contribution in [0.3, 0.4) is 0 Å². The number of aryl methyl sites for hydroxylation is 4. The predicted octanol–water partition coefficient (Wildman–Crippen LogP) is 3.18. The fraction of sp³-hybridized carbons (Fsp3) is 0.381. The number of halogens is 2. The molecule has 48 heavy (non-hydrogen) atoms. The number of pyridine rings is 2. The number of hydrogen-bond donors (Lipinski definition) is 0. The summed E-state index contributed by atoms with van der Waals surface area (Å²) in [4.78, 5) is 4.26. The molecule has 0 amide bonds. The van der Waals surface area contributed by atoms with Crippen LogP contribution in [0.2, 0.25) is 0 Å². The number of nitrogens with zero attached hydrogens (tertiary/aromatic N) is 4. The zero-order valence-electron chi connectivity index (χ0n) is 30.0. The lowest BCUT2D eigenvalue weighted by Crippen LogP contribution is -3.00. The molecular weight excluding hydrogens is 720 g/mol. The van der Waals surface area contributed by atoms with Gasteiger partial charge in [-0.25, -0.2) is 9.13 Å². The molecule has 2 aromatic carbocycles. The molecular formula is C42H56Br2N4. The molecule has 0 aliphatic heterocycles. The second-order valence-corrected chi connectivity index (χ2v) is 13.1. The molecule has 2 heterocycles. The number of unbranched alkanes of at least 4 members (excludes halogenated alkanes) is 7. The monoisotopic (exact) mass is 774 g/mol. The Bertz CT molecular complexity index is 1440. The molecule has 2 aromatic heterocycles. The third-order valence-electron chi connectivity index (χ3n) is 8.83. The molecule has 4 nitrogen and oxygen atoms in total. The van der Waals surface area contributed by atoms with Gasteiger partial charge in [0.15, 0.2) is 24.8 Å². The third kappa shape index (κ3) is 13.7. The van der Waals surface area contributed by atoms with Crippen LogP contribution in [0, 0.1) is 13.8 Å². The van der Waals surface area contributed by atoms with Crippen molar-refractivity contribution in [2.75, 3.05) is 38.0 Å². The third-order valence-corrected chi connectivity index (χ3v) is 8.83. The van der Waals surface area contributed by atoms with E-state index in [-0.39, 0.29) is 34.0 Å². The summed E-state index contributed by atoms with van der Waals surface area (Å²) in [5.74, 6) is 0. The van der Waals surface area contributed by atoms with E-state index in [0.717, 1.165) is 13.1 Å². The molecule has 0 aliphatic carbocycles. The Morgan fingerprint density at radius 2 is 0.792 bits per heavy atom. The minimum absolute atomic E-state index is 0. The van der Waals surface area contributed by atoms with Crippen LogP contribution in [0.1, 0.15) is 84.7 Å². The second-order valence-electron chi connectivity index (χ2n) is 13.1. The van der Waals surface area contributed by atoms with Crippen LogP contribution in [0.25, 0.3) is 24.3 Å². The Morgan fingerprint density at radius 1 is 0.458 bits per heavy atom. The lowest BCUT2D eigenvalue weighted by Gasteiger charge is -2.11. The van der Waals surface area contributed by atoms with Gasteiger partial charge in [-0.1, -0.05) is 74.3 Å². The highest BCUT2D eigenvalue weighted by Crippen LogP contribution is 2.17. The van der Waals surface area contributed by atoms with Crippen molar-refractivity contribution in [3.8, 4) is 0 Å². The molecule has 4 rings (SSSR count). The Kier molecular flexibility index (Phi) is 18.5. The summed E-state index contributed by atoms with van der Waals surface area (Å²) >= 11 is 0. The summed E-state index contributed by atoms with van der Waals surface area (Å²) in [7, 11) is 8.29. The van der Waals surface area contributed by atoms with Gasteiger partial charge < -0.3 is 43.8 Å². The first-order valence-corrected chi connectivity index (χ1v) is 17.2. The van der Waals surface area contributed by atoms with E-state index in [9.17, 15) is 0 Å². The number of hydrogen-bond acceptors (Lipinski definition) is 2. The Hall–Kier alpha value is -3.22. The summed E-state index contributed by atoms with van der Waals surface area (Å²) in [6, 6.07) is 21.9. The summed E-state index contributed by atoms with van der Waals surface area (Å²) in [5, 5.41) is 0. The molecule has 0 saturated carbocycles. The second kappa shape index (κ2) is 21.7. The van der Waals surface area contributed by atoms with Crippen LogP contribution in [-0.2, 0) is 13.1 Å². The number of aromatic nitrogens is 2. The SMILES string of the molecule is Cc1c[n+](CCCCCCCCCC[n+]2ccc(/C=C/c3ccc(N(C)C)cc3)c(C)c2)ccc1/C=C/c1ccc(N(C)C)cc1.[Br-].[Br-]. The summed E-state index contributed by atoms with van der Waals surface area (Å²) in [6.45, 7) is 6.63. The zero-order valence-corrected chi connectivity index (χ0v) is 33.2. The van der Waals surface area contributed by atoms with E-state index in [1.165, 1.54) is 96.1 Å². The van der Waals surface area contributed by atoms with E-state index in [1.54, 1.807) is 0 Å². The molecule has 0 aliphatic rings. The van der Waals surface area contributed by atoms with Gasteiger partial charge in [0, 0.05) is 75.7 Å². The fourth-order valence-electron chi connectivity index (χ4n) is 5.79. The zero-order chi connectivity index (χ0) is 32.7. The molecule has 0 N–H and O–H groups in total. The maximum atomic E-state index is 2.35. The lowest BCUT2D eigenvalue weighted by molar-refractivity contribution is -0.697. The molecule has 0 spiro atoms. The standard InChI is InChI=1S/C42H56N4.2BrH/c1-35-33-45(31-27-39(35)21-15-37-17-23-41(24-18-37)43(3)4)29-13-11-9-7-8-10-12-14-30-46-32-28-40(36(2)34-46)22-16-38-19-25-42(26-20-38)44(5)6;;/h15-28,31-34H,7-14,29-30H2,1-6H3;2*1H/q+2;;/p-2. The Balaban J connectivity index is 0.00000400. The van der Waals surface area contributed by atoms with Gasteiger partial charge in [-0.2, -0.15) is 0 Å². The maximum absolute atomic E-state index is 2.35. The first-order valence-electron chi connectivity index (χ1n) is 17.2. The molecule has 0 fully saturated rings. The van der Waals surface area contributed by atoms with Crippen molar-refractivity contribution in [1.82, 2.24) is 0 Å². The average molecular weight is 777 g/mol. The highest BCUT2D eigenvalue weighted by molar-refractivity contribution is 5.72. The molecule has 0 atom stereocenters. The Morgan fingerprint density at radius 3 is 1.10 bits per heavy atom. The van der Waals surface area contributed by atoms with Crippen LogP contribution in [0.4, 0.5) is 11.4 Å². The minimum atomic E-state index is 0. The molecule has 0 saturated heterocycles. The molecule has 0 radical (unpaired) electrons. The van der Waals surface area contributed by atoms with E-state index in [4.69, 9.17) is 0 Å². The van der Waals surface area contributed by atoms with Crippen molar-refractivity contribution >= 4 is 35.7 Å². The van der Waals surface area contributed by atoms with E-state index >= 15 is 0 Å². The quantitative estimate of drug-likeness (QED) is 0.121. The smallest absolute Gasteiger partial charge is 0.172 e. The van der Waals surface area contributed by atoms with Crippen molar-refractivity contribution in [2.24, 2.45) is 0 Å². The van der Waals surface area contributed by atoms with E-state index < -0.39 is 0 Å². The normalized spacial score (nSPS) is 11.0. The highest BCUT2D eigenvalue weighted by atomic mass is 79.9. The van der Waals surface area contributed by atoms with Gasteiger partial charge in [0.05, 0.1) is 0 Å². The van der Waals surface area contributed by atoms with Crippen molar-refractivity contribution in [2.45, 2.75) is 78.3 Å². The van der Waals surface area contributed by atoms with Crippen LogP contribution in [0.5, 0.6) is 0 Å². The van der Waals surface area contributed by atoms with E-state index in [1.807, 2.05) is 0 Å². The molecule has 0 unspecified atom stereocenters. The van der Waals surface area contributed by atoms with Crippen LogP contribution >= 0.6 is 0 Å². The van der Waals surface area contributed by atoms with Crippen LogP contribution in [0.15, 0.2) is 85.5 Å². The largest absolute Gasteiger partial charge is 1.00 e. The predicted molar refractivity (Wildman–Crippen MR) is 199 cm³/mol. The fourth-order valence-corrected chi connectivity index (χ4v) is 5.79. The van der Waals surface area contributed by atoms with Crippen molar-refractivity contribution in [3.05, 3.63) is 119 Å². The average Bonchev–Trinajstić information content (AvgIpc) is 3.05. The van der Waals surface area contributed by atoms with Gasteiger partial charge in [-0.3, -0.25) is 0 Å². The van der Waals surface area contributed by atoms with Crippen molar-refractivity contribution < 1.29 is 43.1 Å². The summed E-state index contributed by atoms with van der Waals surface area (Å²) in [6.07, 6.45) is 28.4. The highest BCUT2D eigenvalue weighted by Gasteiger charge is 2.06. The van der Waals surface area contributed by atoms with Crippen molar-refractivity contribution in [3.63, 3.8) is 0 Å². The molecule has 6 heteroatoms. The lowest BCUT2D eigenvalue weighted by atomic mass is 10.1. The first kappa shape index (κ1) is 41.0. The van der Waals surface area contributed by atoms with Gasteiger partial charge in [0.1, 0.15) is 13.1 Å². The maximum Gasteiger partial charge on any atom is 0.172 e. The molecule has 4 aromatic rings. The Labute approximate surface area is 312 Å². The minimum Gasteiger partial charge on any atom is -1.00 e. The number of rotatable bonds is 17. The van der Waals surface area contributed by atoms with E-state index in [0.29, 0.717) is 0 Å². The van der Waals surface area contributed by atoms with Gasteiger partial charge in [-0.05, 0) is 73.2 Å². The van der Waals surface area contributed by atoms with Gasteiger partial charge >= 0.3 is 0 Å². The van der Waals surface area contributed by atoms with Gasteiger partial charge in [0.2, 0.25) is 0 Å².